The number of benzene rings is 1. The van der Waals surface area contributed by atoms with Crippen molar-refractivity contribution in [1.82, 2.24) is 14.8 Å². The summed E-state index contributed by atoms with van der Waals surface area (Å²) in [6.07, 6.45) is 2.46. The lowest BCUT2D eigenvalue weighted by atomic mass is 10.1. The van der Waals surface area contributed by atoms with Crippen LogP contribution < -0.4 is 5.73 Å². The van der Waals surface area contributed by atoms with Gasteiger partial charge in [0, 0.05) is 25.7 Å². The van der Waals surface area contributed by atoms with Gasteiger partial charge in [-0.3, -0.25) is 4.90 Å². The third-order valence-electron chi connectivity index (χ3n) is 4.35. The first-order valence-corrected chi connectivity index (χ1v) is 8.55. The van der Waals surface area contributed by atoms with E-state index in [9.17, 15) is 0 Å². The number of hydrogen-bond acceptors (Lipinski definition) is 5. The Bertz CT molecular complexity index is 609. The predicted molar refractivity (Wildman–Crippen MR) is 90.6 cm³/mol. The number of thiazole rings is 1. The minimum Gasteiger partial charge on any atom is -0.375 e. The Morgan fingerprint density at radius 2 is 2.24 bits per heavy atom. The molecular formula is C16H24N4S. The Labute approximate surface area is 130 Å². The maximum Gasteiger partial charge on any atom is 0.181 e. The van der Waals surface area contributed by atoms with Gasteiger partial charge in [-0.15, -0.1) is 0 Å². The zero-order valence-corrected chi connectivity index (χ0v) is 13.7. The lowest BCUT2D eigenvalue weighted by Crippen LogP contribution is -2.39. The molecule has 1 aromatic heterocycles. The van der Waals surface area contributed by atoms with Crippen molar-refractivity contribution in [3.8, 4) is 0 Å². The highest BCUT2D eigenvalue weighted by Gasteiger charge is 2.22. The first kappa shape index (κ1) is 14.8. The van der Waals surface area contributed by atoms with Crippen LogP contribution in [0.3, 0.4) is 0 Å². The monoisotopic (exact) mass is 304 g/mol. The minimum absolute atomic E-state index is 0.653. The summed E-state index contributed by atoms with van der Waals surface area (Å²) in [7, 11) is 2.23. The smallest absolute Gasteiger partial charge is 0.181 e. The van der Waals surface area contributed by atoms with E-state index in [2.05, 4.69) is 47.0 Å². The molecule has 21 heavy (non-hydrogen) atoms. The van der Waals surface area contributed by atoms with Crippen molar-refractivity contribution < 1.29 is 0 Å². The molecule has 3 rings (SSSR count). The molecule has 2 N–H and O–H groups in total. The van der Waals surface area contributed by atoms with Gasteiger partial charge in [-0.2, -0.15) is 0 Å². The Kier molecular flexibility index (Phi) is 4.42. The molecule has 1 aliphatic heterocycles. The lowest BCUT2D eigenvalue weighted by Gasteiger charge is -2.30. The van der Waals surface area contributed by atoms with Crippen LogP contribution in [0.4, 0.5) is 5.13 Å². The molecule has 1 aliphatic rings. The molecule has 5 heteroatoms. The normalized spacial score (nSPS) is 21.7. The van der Waals surface area contributed by atoms with Crippen molar-refractivity contribution in [2.45, 2.75) is 32.4 Å². The Morgan fingerprint density at radius 1 is 1.38 bits per heavy atom. The summed E-state index contributed by atoms with van der Waals surface area (Å²) < 4.78 is 1.20. The number of anilines is 1. The number of fused-ring (bicyclic) bond motifs is 1. The standard InChI is InChI=1S/C16H24N4S/c1-3-13-11-19(2)7-4-8-20(13)10-12-5-6-14-15(9-12)21-16(17)18-14/h5-6,9,13H,3-4,7-8,10-11H2,1-2H3,(H2,17,18). The maximum atomic E-state index is 5.80. The van der Waals surface area contributed by atoms with Crippen LogP contribution in [-0.4, -0.2) is 47.5 Å². The van der Waals surface area contributed by atoms with Gasteiger partial charge in [0.25, 0.3) is 0 Å². The number of aromatic nitrogens is 1. The number of hydrogen-bond donors (Lipinski definition) is 1. The van der Waals surface area contributed by atoms with Gasteiger partial charge in [0.15, 0.2) is 5.13 Å². The highest BCUT2D eigenvalue weighted by atomic mass is 32.1. The van der Waals surface area contributed by atoms with E-state index >= 15 is 0 Å². The largest absolute Gasteiger partial charge is 0.375 e. The molecule has 2 aromatic rings. The minimum atomic E-state index is 0.653. The molecule has 114 valence electrons. The van der Waals surface area contributed by atoms with Crippen molar-refractivity contribution >= 4 is 26.7 Å². The van der Waals surface area contributed by atoms with E-state index in [1.807, 2.05) is 0 Å². The fraction of sp³-hybridized carbons (Fsp3) is 0.562. The average Bonchev–Trinajstić information content (AvgIpc) is 2.73. The maximum absolute atomic E-state index is 5.80. The van der Waals surface area contributed by atoms with Gasteiger partial charge < -0.3 is 10.6 Å². The van der Waals surface area contributed by atoms with Gasteiger partial charge in [-0.05, 0) is 44.1 Å². The number of likely N-dealkylation sites (N-methyl/N-ethyl adjacent to an activating group) is 1. The number of rotatable bonds is 3. The quantitative estimate of drug-likeness (QED) is 0.947. The second-order valence-corrected chi connectivity index (χ2v) is 7.06. The van der Waals surface area contributed by atoms with Crippen molar-refractivity contribution in [3.05, 3.63) is 23.8 Å². The molecule has 0 spiro atoms. The van der Waals surface area contributed by atoms with E-state index in [-0.39, 0.29) is 0 Å². The molecule has 1 atom stereocenters. The number of nitrogens with zero attached hydrogens (tertiary/aromatic N) is 3. The van der Waals surface area contributed by atoms with Gasteiger partial charge in [-0.1, -0.05) is 24.3 Å². The van der Waals surface area contributed by atoms with Gasteiger partial charge >= 0.3 is 0 Å². The van der Waals surface area contributed by atoms with Crippen molar-refractivity contribution in [2.24, 2.45) is 0 Å². The molecule has 1 fully saturated rings. The molecular weight excluding hydrogens is 280 g/mol. The Balaban J connectivity index is 1.78. The van der Waals surface area contributed by atoms with E-state index in [1.54, 1.807) is 11.3 Å². The van der Waals surface area contributed by atoms with E-state index in [0.29, 0.717) is 11.2 Å². The van der Waals surface area contributed by atoms with E-state index in [4.69, 9.17) is 5.73 Å². The van der Waals surface area contributed by atoms with Gasteiger partial charge in [0.1, 0.15) is 0 Å². The predicted octanol–water partition coefficient (Wildman–Crippen LogP) is 2.79. The first-order valence-electron chi connectivity index (χ1n) is 7.73. The molecule has 2 heterocycles. The Morgan fingerprint density at radius 3 is 3.05 bits per heavy atom. The molecule has 0 radical (unpaired) electrons. The fourth-order valence-corrected chi connectivity index (χ4v) is 4.01. The summed E-state index contributed by atoms with van der Waals surface area (Å²) in [4.78, 5) is 9.43. The van der Waals surface area contributed by atoms with Crippen molar-refractivity contribution in [2.75, 3.05) is 32.4 Å². The third-order valence-corrected chi connectivity index (χ3v) is 5.20. The molecule has 1 saturated heterocycles. The summed E-state index contributed by atoms with van der Waals surface area (Å²) in [6, 6.07) is 7.20. The third kappa shape index (κ3) is 3.36. The Hall–Kier alpha value is -1.17. The molecule has 1 aromatic carbocycles. The van der Waals surface area contributed by atoms with Crippen molar-refractivity contribution in [1.29, 1.82) is 0 Å². The van der Waals surface area contributed by atoms with Gasteiger partial charge in [0.2, 0.25) is 0 Å². The van der Waals surface area contributed by atoms with Crippen LogP contribution in [0.1, 0.15) is 25.3 Å². The summed E-state index contributed by atoms with van der Waals surface area (Å²) in [6.45, 7) is 6.89. The zero-order valence-electron chi connectivity index (χ0n) is 12.9. The lowest BCUT2D eigenvalue weighted by molar-refractivity contribution is 0.176. The van der Waals surface area contributed by atoms with Crippen LogP contribution in [0, 0.1) is 0 Å². The number of nitrogen functional groups attached to an aromatic ring is 1. The summed E-state index contributed by atoms with van der Waals surface area (Å²) in [5, 5.41) is 0.657. The topological polar surface area (TPSA) is 45.4 Å². The highest BCUT2D eigenvalue weighted by Crippen LogP contribution is 2.25. The van der Waals surface area contributed by atoms with Gasteiger partial charge in [0.05, 0.1) is 10.2 Å². The van der Waals surface area contributed by atoms with Crippen LogP contribution in [0.15, 0.2) is 18.2 Å². The van der Waals surface area contributed by atoms with Crippen LogP contribution in [0.5, 0.6) is 0 Å². The van der Waals surface area contributed by atoms with Crippen LogP contribution in [-0.2, 0) is 6.54 Å². The zero-order chi connectivity index (χ0) is 14.8. The first-order chi connectivity index (χ1) is 10.2. The van der Waals surface area contributed by atoms with Crippen LogP contribution >= 0.6 is 11.3 Å². The molecule has 0 amide bonds. The second kappa shape index (κ2) is 6.30. The molecule has 0 saturated carbocycles. The van der Waals surface area contributed by atoms with Gasteiger partial charge in [-0.25, -0.2) is 4.98 Å². The van der Waals surface area contributed by atoms with E-state index in [0.717, 1.165) is 12.1 Å². The highest BCUT2D eigenvalue weighted by molar-refractivity contribution is 7.22. The summed E-state index contributed by atoms with van der Waals surface area (Å²) >= 11 is 1.58. The average molecular weight is 304 g/mol. The van der Waals surface area contributed by atoms with E-state index < -0.39 is 0 Å². The summed E-state index contributed by atoms with van der Waals surface area (Å²) in [5.74, 6) is 0. The molecule has 0 aliphatic carbocycles. The fourth-order valence-electron chi connectivity index (χ4n) is 3.21. The van der Waals surface area contributed by atoms with Crippen LogP contribution in [0.2, 0.25) is 0 Å². The SMILES string of the molecule is CCC1CN(C)CCCN1Cc1ccc2nc(N)sc2c1. The molecule has 0 bridgehead atoms. The summed E-state index contributed by atoms with van der Waals surface area (Å²) in [5.41, 5.74) is 8.18. The van der Waals surface area contributed by atoms with Crippen molar-refractivity contribution in [3.63, 3.8) is 0 Å². The number of nitrogens with two attached hydrogens (primary N) is 1. The van der Waals surface area contributed by atoms with E-state index in [1.165, 1.54) is 42.7 Å². The molecule has 4 nitrogen and oxygen atoms in total. The van der Waals surface area contributed by atoms with Crippen LogP contribution in [0.25, 0.3) is 10.2 Å². The second-order valence-electron chi connectivity index (χ2n) is 6.00. The molecule has 1 unspecified atom stereocenters.